The normalized spacial score (nSPS) is 14.2. The lowest BCUT2D eigenvalue weighted by Gasteiger charge is -2.08. The van der Waals surface area contributed by atoms with Gasteiger partial charge in [0.25, 0.3) is 0 Å². The number of hydrogen-bond donors (Lipinski definition) is 3. The van der Waals surface area contributed by atoms with Gasteiger partial charge in [-0.25, -0.2) is 0 Å². The third-order valence-electron chi connectivity index (χ3n) is 4.05. The van der Waals surface area contributed by atoms with Crippen molar-refractivity contribution in [2.24, 2.45) is 0 Å². The van der Waals surface area contributed by atoms with Crippen molar-refractivity contribution in [3.63, 3.8) is 0 Å². The zero-order chi connectivity index (χ0) is 17.3. The Bertz CT molecular complexity index is 302. The fraction of sp³-hybridized carbons (Fsp3) is 0.842. The highest BCUT2D eigenvalue weighted by Crippen LogP contribution is 2.11. The smallest absolute Gasteiger partial charge is 0.303 e. The molecule has 0 fully saturated rings. The van der Waals surface area contributed by atoms with Gasteiger partial charge in [0.15, 0.2) is 0 Å². The summed E-state index contributed by atoms with van der Waals surface area (Å²) < 4.78 is 0. The molecule has 0 aliphatic carbocycles. The van der Waals surface area contributed by atoms with Gasteiger partial charge in [0.05, 0.1) is 12.2 Å². The topological polar surface area (TPSA) is 77.8 Å². The van der Waals surface area contributed by atoms with E-state index in [1.807, 2.05) is 0 Å². The van der Waals surface area contributed by atoms with E-state index in [0.29, 0.717) is 19.3 Å². The number of hydrogen-bond acceptors (Lipinski definition) is 3. The third-order valence-corrected chi connectivity index (χ3v) is 4.05. The summed E-state index contributed by atoms with van der Waals surface area (Å²) in [6.07, 6.45) is 15.0. The van der Waals surface area contributed by atoms with E-state index in [1.165, 1.54) is 38.5 Å². The lowest BCUT2D eigenvalue weighted by atomic mass is 10.0. The quantitative estimate of drug-likeness (QED) is 0.289. The summed E-state index contributed by atoms with van der Waals surface area (Å²) >= 11 is 0. The Morgan fingerprint density at radius 3 is 1.70 bits per heavy atom. The maximum atomic E-state index is 10.4. The molecule has 0 spiro atoms. The van der Waals surface area contributed by atoms with Crippen molar-refractivity contribution < 1.29 is 20.1 Å². The van der Waals surface area contributed by atoms with Crippen molar-refractivity contribution in [1.82, 2.24) is 0 Å². The Morgan fingerprint density at radius 1 is 0.783 bits per heavy atom. The molecule has 0 bridgehead atoms. The number of carbonyl (C=O) groups is 1. The molecule has 0 amide bonds. The van der Waals surface area contributed by atoms with Crippen LogP contribution in [-0.4, -0.2) is 33.5 Å². The van der Waals surface area contributed by atoms with Crippen molar-refractivity contribution in [1.29, 1.82) is 0 Å². The Balaban J connectivity index is 3.49. The molecule has 0 aromatic rings. The minimum absolute atomic E-state index is 0.150. The molecule has 0 saturated heterocycles. The van der Waals surface area contributed by atoms with E-state index in [9.17, 15) is 15.0 Å². The summed E-state index contributed by atoms with van der Waals surface area (Å²) in [5, 5.41) is 28.1. The summed E-state index contributed by atoms with van der Waals surface area (Å²) in [4.78, 5) is 10.4. The first-order chi connectivity index (χ1) is 11.1. The number of aliphatic carboxylic acids is 1. The fourth-order valence-electron chi connectivity index (χ4n) is 2.57. The van der Waals surface area contributed by atoms with Gasteiger partial charge in [-0.1, -0.05) is 70.4 Å². The molecule has 136 valence electrons. The van der Waals surface area contributed by atoms with Gasteiger partial charge in [-0.15, -0.1) is 0 Å². The molecule has 0 unspecified atom stereocenters. The second-order valence-corrected chi connectivity index (χ2v) is 6.42. The molecule has 0 aromatic carbocycles. The highest BCUT2D eigenvalue weighted by Gasteiger charge is 2.04. The van der Waals surface area contributed by atoms with E-state index in [0.717, 1.165) is 19.3 Å². The average Bonchev–Trinajstić information content (AvgIpc) is 2.52. The van der Waals surface area contributed by atoms with Crippen LogP contribution < -0.4 is 0 Å². The van der Waals surface area contributed by atoms with Crippen LogP contribution in [0.5, 0.6) is 0 Å². The van der Waals surface area contributed by atoms with Gasteiger partial charge in [0.2, 0.25) is 0 Å². The molecular formula is C19H36O4. The Hall–Kier alpha value is -0.870. The monoisotopic (exact) mass is 328 g/mol. The minimum atomic E-state index is -0.796. The first-order valence-electron chi connectivity index (χ1n) is 9.32. The first kappa shape index (κ1) is 22.1. The lowest BCUT2D eigenvalue weighted by molar-refractivity contribution is -0.137. The fourth-order valence-corrected chi connectivity index (χ4v) is 2.57. The number of carboxylic acid groups (broad SMARTS) is 1. The van der Waals surface area contributed by atoms with Gasteiger partial charge in [0, 0.05) is 6.42 Å². The molecule has 0 radical (unpaired) electrons. The summed E-state index contributed by atoms with van der Waals surface area (Å²) in [6, 6.07) is 0. The number of aliphatic hydroxyl groups is 2. The van der Waals surface area contributed by atoms with Crippen LogP contribution in [0.2, 0.25) is 0 Å². The number of carboxylic acids is 1. The second-order valence-electron chi connectivity index (χ2n) is 6.42. The van der Waals surface area contributed by atoms with Crippen LogP contribution in [0, 0.1) is 0 Å². The molecule has 2 atom stereocenters. The predicted octanol–water partition coefficient (Wildman–Crippen LogP) is 4.44. The molecule has 0 aromatic heterocycles. The van der Waals surface area contributed by atoms with E-state index in [4.69, 9.17) is 5.11 Å². The van der Waals surface area contributed by atoms with E-state index in [1.54, 1.807) is 12.2 Å². The Labute approximate surface area is 141 Å². The second kappa shape index (κ2) is 16.0. The van der Waals surface area contributed by atoms with Gasteiger partial charge in [0.1, 0.15) is 0 Å². The van der Waals surface area contributed by atoms with Crippen molar-refractivity contribution in [2.45, 2.75) is 103 Å². The van der Waals surface area contributed by atoms with E-state index < -0.39 is 18.2 Å². The lowest BCUT2D eigenvalue weighted by Crippen LogP contribution is -2.07. The molecule has 4 nitrogen and oxygen atoms in total. The van der Waals surface area contributed by atoms with Gasteiger partial charge in [-0.05, 0) is 25.7 Å². The largest absolute Gasteiger partial charge is 0.481 e. The van der Waals surface area contributed by atoms with Crippen LogP contribution in [0.25, 0.3) is 0 Å². The van der Waals surface area contributed by atoms with Crippen LogP contribution >= 0.6 is 0 Å². The molecule has 0 rings (SSSR count). The molecule has 0 heterocycles. The van der Waals surface area contributed by atoms with Gasteiger partial charge < -0.3 is 15.3 Å². The molecule has 0 aliphatic heterocycles. The van der Waals surface area contributed by atoms with Gasteiger partial charge >= 0.3 is 5.97 Å². The van der Waals surface area contributed by atoms with Crippen LogP contribution in [-0.2, 0) is 4.79 Å². The molecule has 3 N–H and O–H groups in total. The summed E-state index contributed by atoms with van der Waals surface area (Å²) in [6.45, 7) is 2.22. The maximum Gasteiger partial charge on any atom is 0.303 e. The molecule has 0 saturated carbocycles. The van der Waals surface area contributed by atoms with E-state index in [-0.39, 0.29) is 6.42 Å². The highest BCUT2D eigenvalue weighted by atomic mass is 16.4. The summed E-state index contributed by atoms with van der Waals surface area (Å²) in [7, 11) is 0. The minimum Gasteiger partial charge on any atom is -0.481 e. The molecular weight excluding hydrogens is 292 g/mol. The Kier molecular flexibility index (Phi) is 15.4. The SMILES string of the molecule is CCCCCCCCCC[C@H](O)/C=C/[C@@H](O)CCCCC(=O)O. The van der Waals surface area contributed by atoms with Crippen LogP contribution in [0.1, 0.15) is 90.4 Å². The highest BCUT2D eigenvalue weighted by molar-refractivity contribution is 5.66. The van der Waals surface area contributed by atoms with Crippen molar-refractivity contribution in [3.8, 4) is 0 Å². The standard InChI is InChI=1S/C19H36O4/c1-2-3-4-5-6-7-8-9-12-17(20)15-16-18(21)13-10-11-14-19(22)23/h15-18,20-21H,2-14H2,1H3,(H,22,23)/b16-15+/t17-,18-/m0/s1. The first-order valence-corrected chi connectivity index (χ1v) is 9.32. The number of unbranched alkanes of at least 4 members (excludes halogenated alkanes) is 8. The van der Waals surface area contributed by atoms with Crippen molar-refractivity contribution in [3.05, 3.63) is 12.2 Å². The van der Waals surface area contributed by atoms with E-state index >= 15 is 0 Å². The maximum absolute atomic E-state index is 10.4. The average molecular weight is 328 g/mol. The van der Waals surface area contributed by atoms with E-state index in [2.05, 4.69) is 6.92 Å². The van der Waals surface area contributed by atoms with Crippen molar-refractivity contribution >= 4 is 5.97 Å². The zero-order valence-electron chi connectivity index (χ0n) is 14.8. The van der Waals surface area contributed by atoms with Crippen LogP contribution in [0.3, 0.4) is 0 Å². The third kappa shape index (κ3) is 17.3. The van der Waals surface area contributed by atoms with Crippen LogP contribution in [0.15, 0.2) is 12.2 Å². The summed E-state index contributed by atoms with van der Waals surface area (Å²) in [5.74, 6) is -0.796. The van der Waals surface area contributed by atoms with Crippen molar-refractivity contribution in [2.75, 3.05) is 0 Å². The van der Waals surface area contributed by atoms with Crippen LogP contribution in [0.4, 0.5) is 0 Å². The Morgan fingerprint density at radius 2 is 1.22 bits per heavy atom. The molecule has 23 heavy (non-hydrogen) atoms. The zero-order valence-corrected chi connectivity index (χ0v) is 14.8. The summed E-state index contributed by atoms with van der Waals surface area (Å²) in [5.41, 5.74) is 0. The predicted molar refractivity (Wildman–Crippen MR) is 94.5 cm³/mol. The number of rotatable bonds is 16. The van der Waals surface area contributed by atoms with Gasteiger partial charge in [-0.3, -0.25) is 4.79 Å². The molecule has 4 heteroatoms. The number of aliphatic hydroxyl groups excluding tert-OH is 2. The van der Waals surface area contributed by atoms with Gasteiger partial charge in [-0.2, -0.15) is 0 Å². The molecule has 0 aliphatic rings.